The monoisotopic (exact) mass is 429 g/mol. The average molecular weight is 430 g/mol. The number of imidazole rings is 2. The molecule has 0 aliphatic rings. The van der Waals surface area contributed by atoms with Crippen molar-refractivity contribution in [1.82, 2.24) is 29.5 Å². The highest BCUT2D eigenvalue weighted by Gasteiger charge is 2.13. The van der Waals surface area contributed by atoms with E-state index in [1.165, 1.54) is 0 Å². The van der Waals surface area contributed by atoms with E-state index >= 15 is 0 Å². The molecule has 0 saturated heterocycles. The second-order valence-corrected chi connectivity index (χ2v) is 6.73. The molecule has 4 rings (SSSR count). The molecule has 9 nitrogen and oxygen atoms in total. The summed E-state index contributed by atoms with van der Waals surface area (Å²) in [6.07, 6.45) is 4.98. The second-order valence-electron chi connectivity index (χ2n) is 5.82. The molecule has 4 aromatic rings. The molecule has 0 aliphatic carbocycles. The van der Waals surface area contributed by atoms with Gasteiger partial charge in [-0.1, -0.05) is 15.9 Å². The first kappa shape index (κ1) is 17.3. The topological polar surface area (TPSA) is 114 Å². The van der Waals surface area contributed by atoms with Crippen LogP contribution in [0.15, 0.2) is 46.2 Å². The van der Waals surface area contributed by atoms with Crippen molar-refractivity contribution in [1.29, 1.82) is 0 Å². The zero-order chi connectivity index (χ0) is 18.8. The molecular weight excluding hydrogens is 414 g/mol. The van der Waals surface area contributed by atoms with Crippen molar-refractivity contribution in [2.24, 2.45) is 0 Å². The molecule has 0 radical (unpaired) electrons. The molecule has 0 fully saturated rings. The van der Waals surface area contributed by atoms with Gasteiger partial charge in [-0.3, -0.25) is 4.57 Å². The predicted molar refractivity (Wildman–Crippen MR) is 104 cm³/mol. The number of nitrogens with one attached hydrogen (secondary N) is 3. The second kappa shape index (κ2) is 7.23. The predicted octanol–water partition coefficient (Wildman–Crippen LogP) is 2.27. The first-order valence-corrected chi connectivity index (χ1v) is 8.93. The maximum atomic E-state index is 12.4. The van der Waals surface area contributed by atoms with Gasteiger partial charge in [-0.2, -0.15) is 4.98 Å². The van der Waals surface area contributed by atoms with E-state index in [9.17, 15) is 4.79 Å². The lowest BCUT2D eigenvalue weighted by atomic mass is 10.2. The SMILES string of the molecule is COc1ccc(Br)cc1Cn1c(=O)[nH]c2cnc(NCc3c[nH]cn3)nc21. The fourth-order valence-electron chi connectivity index (χ4n) is 2.78. The van der Waals surface area contributed by atoms with Crippen LogP contribution in [0.25, 0.3) is 11.2 Å². The number of fused-ring (bicyclic) bond motifs is 1. The summed E-state index contributed by atoms with van der Waals surface area (Å²) in [6, 6.07) is 5.66. The van der Waals surface area contributed by atoms with Crippen LogP contribution in [-0.2, 0) is 13.1 Å². The standard InChI is InChI=1S/C17H16BrN7O2/c1-27-14-3-2-11(18)4-10(14)8-25-15-13(23-17(25)26)7-21-16(24-15)20-6-12-5-19-9-22-12/h2-5,7,9H,6,8H2,1H3,(H,19,22)(H,23,26)(H,20,21,24). The lowest BCUT2D eigenvalue weighted by Crippen LogP contribution is -2.18. The van der Waals surface area contributed by atoms with Crippen LogP contribution in [0.2, 0.25) is 0 Å². The van der Waals surface area contributed by atoms with Crippen LogP contribution in [-0.4, -0.2) is 36.6 Å². The summed E-state index contributed by atoms with van der Waals surface area (Å²) < 4.78 is 7.86. The maximum absolute atomic E-state index is 12.4. The minimum atomic E-state index is -0.259. The summed E-state index contributed by atoms with van der Waals surface area (Å²) >= 11 is 3.45. The maximum Gasteiger partial charge on any atom is 0.328 e. The molecule has 138 valence electrons. The van der Waals surface area contributed by atoms with E-state index in [4.69, 9.17) is 4.74 Å². The molecular formula is C17H16BrN7O2. The molecule has 3 N–H and O–H groups in total. The van der Waals surface area contributed by atoms with Crippen LogP contribution < -0.4 is 15.7 Å². The third-order valence-corrected chi connectivity index (χ3v) is 4.56. The molecule has 27 heavy (non-hydrogen) atoms. The Kier molecular flexibility index (Phi) is 4.63. The van der Waals surface area contributed by atoms with E-state index in [1.54, 1.807) is 30.4 Å². The normalized spacial score (nSPS) is 11.0. The van der Waals surface area contributed by atoms with E-state index < -0.39 is 0 Å². The molecule has 10 heteroatoms. The molecule has 3 heterocycles. The molecule has 3 aromatic heterocycles. The van der Waals surface area contributed by atoms with Gasteiger partial charge in [0.2, 0.25) is 5.95 Å². The number of benzene rings is 1. The Morgan fingerprint density at radius 2 is 2.22 bits per heavy atom. The zero-order valence-electron chi connectivity index (χ0n) is 14.4. The van der Waals surface area contributed by atoms with Crippen LogP contribution in [0.5, 0.6) is 5.75 Å². The summed E-state index contributed by atoms with van der Waals surface area (Å²) in [5, 5.41) is 3.11. The Hall–Kier alpha value is -3.14. The van der Waals surface area contributed by atoms with Gasteiger partial charge < -0.3 is 20.0 Å². The molecule has 0 aliphatic heterocycles. The number of hydrogen-bond acceptors (Lipinski definition) is 6. The molecule has 1 aromatic carbocycles. The van der Waals surface area contributed by atoms with Crippen molar-refractivity contribution in [2.75, 3.05) is 12.4 Å². The van der Waals surface area contributed by atoms with Gasteiger partial charge >= 0.3 is 5.69 Å². The van der Waals surface area contributed by atoms with Crippen molar-refractivity contribution >= 4 is 33.0 Å². The van der Waals surface area contributed by atoms with Crippen molar-refractivity contribution < 1.29 is 4.74 Å². The lowest BCUT2D eigenvalue weighted by Gasteiger charge is -2.10. The molecule has 0 spiro atoms. The Morgan fingerprint density at radius 3 is 3.00 bits per heavy atom. The number of hydrogen-bond donors (Lipinski definition) is 3. The first-order valence-electron chi connectivity index (χ1n) is 8.13. The van der Waals surface area contributed by atoms with Crippen LogP contribution >= 0.6 is 15.9 Å². The highest BCUT2D eigenvalue weighted by molar-refractivity contribution is 9.10. The van der Waals surface area contributed by atoms with Gasteiger partial charge in [0.1, 0.15) is 11.3 Å². The Labute approximate surface area is 162 Å². The summed E-state index contributed by atoms with van der Waals surface area (Å²) in [5.41, 5.74) is 2.52. The van der Waals surface area contributed by atoms with E-state index in [-0.39, 0.29) is 5.69 Å². The largest absolute Gasteiger partial charge is 0.496 e. The van der Waals surface area contributed by atoms with E-state index in [0.29, 0.717) is 36.0 Å². The van der Waals surface area contributed by atoms with Gasteiger partial charge in [0.15, 0.2) is 5.65 Å². The van der Waals surface area contributed by atoms with Crippen LogP contribution in [0.3, 0.4) is 0 Å². The number of anilines is 1. The van der Waals surface area contributed by atoms with Crippen molar-refractivity contribution in [3.8, 4) is 5.75 Å². The van der Waals surface area contributed by atoms with E-state index in [0.717, 1.165) is 15.7 Å². The Morgan fingerprint density at radius 1 is 1.33 bits per heavy atom. The van der Waals surface area contributed by atoms with Gasteiger partial charge in [-0.25, -0.2) is 14.8 Å². The molecule has 0 bridgehead atoms. The number of methoxy groups -OCH3 is 1. The van der Waals surface area contributed by atoms with E-state index in [2.05, 4.69) is 46.2 Å². The number of aromatic amines is 2. The minimum absolute atomic E-state index is 0.259. The number of ether oxygens (including phenoxy) is 1. The van der Waals surface area contributed by atoms with Gasteiger partial charge in [0, 0.05) is 16.2 Å². The lowest BCUT2D eigenvalue weighted by molar-refractivity contribution is 0.408. The zero-order valence-corrected chi connectivity index (χ0v) is 15.9. The third-order valence-electron chi connectivity index (χ3n) is 4.06. The van der Waals surface area contributed by atoms with Crippen LogP contribution in [0.1, 0.15) is 11.3 Å². The highest BCUT2D eigenvalue weighted by Crippen LogP contribution is 2.24. The van der Waals surface area contributed by atoms with Crippen molar-refractivity contribution in [2.45, 2.75) is 13.1 Å². The van der Waals surface area contributed by atoms with Crippen LogP contribution in [0.4, 0.5) is 5.95 Å². The van der Waals surface area contributed by atoms with Crippen molar-refractivity contribution in [3.63, 3.8) is 0 Å². The van der Waals surface area contributed by atoms with Crippen molar-refractivity contribution in [3.05, 3.63) is 63.1 Å². The quantitative estimate of drug-likeness (QED) is 0.433. The van der Waals surface area contributed by atoms with Crippen LogP contribution in [0, 0.1) is 0 Å². The van der Waals surface area contributed by atoms with Gasteiger partial charge in [0.05, 0.1) is 38.4 Å². The summed E-state index contributed by atoms with van der Waals surface area (Å²) in [4.78, 5) is 31.0. The number of H-pyrrole nitrogens is 2. The molecule has 0 atom stereocenters. The third kappa shape index (κ3) is 3.56. The summed E-state index contributed by atoms with van der Waals surface area (Å²) in [7, 11) is 1.60. The highest BCUT2D eigenvalue weighted by atomic mass is 79.9. The average Bonchev–Trinajstić information content (AvgIpc) is 3.28. The molecule has 0 amide bonds. The fourth-order valence-corrected chi connectivity index (χ4v) is 3.18. The first-order chi connectivity index (χ1) is 13.1. The molecule has 0 saturated carbocycles. The van der Waals surface area contributed by atoms with Gasteiger partial charge in [0.25, 0.3) is 0 Å². The number of halogens is 1. The Bertz CT molecular complexity index is 1130. The number of nitrogens with zero attached hydrogens (tertiary/aromatic N) is 4. The van der Waals surface area contributed by atoms with Gasteiger partial charge in [-0.15, -0.1) is 0 Å². The smallest absolute Gasteiger partial charge is 0.328 e. The van der Waals surface area contributed by atoms with Gasteiger partial charge in [-0.05, 0) is 18.2 Å². The summed E-state index contributed by atoms with van der Waals surface area (Å²) in [6.45, 7) is 0.792. The summed E-state index contributed by atoms with van der Waals surface area (Å²) in [5.74, 6) is 1.12. The van der Waals surface area contributed by atoms with E-state index in [1.807, 2.05) is 18.2 Å². The number of rotatable bonds is 6. The molecule has 0 unspecified atom stereocenters. The fraction of sp³-hybridized carbons (Fsp3) is 0.176. The number of aromatic nitrogens is 6. The minimum Gasteiger partial charge on any atom is -0.496 e. The Balaban J connectivity index is 1.68.